The summed E-state index contributed by atoms with van der Waals surface area (Å²) in [6.07, 6.45) is 9.36. The predicted octanol–water partition coefficient (Wildman–Crippen LogP) is 6.21. The summed E-state index contributed by atoms with van der Waals surface area (Å²) < 4.78 is 5.91. The van der Waals surface area contributed by atoms with E-state index in [1.165, 1.54) is 37.4 Å². The molecule has 12 heteroatoms. The van der Waals surface area contributed by atoms with Gasteiger partial charge in [0, 0.05) is 68.0 Å². The predicted molar refractivity (Wildman–Crippen MR) is 200 cm³/mol. The van der Waals surface area contributed by atoms with Crippen molar-refractivity contribution in [2.24, 2.45) is 0 Å². The smallest absolute Gasteiger partial charge is 0.247 e. The van der Waals surface area contributed by atoms with E-state index in [1.807, 2.05) is 35.4 Å². The summed E-state index contributed by atoms with van der Waals surface area (Å²) in [7, 11) is 1.66. The van der Waals surface area contributed by atoms with Crippen LogP contribution in [-0.4, -0.2) is 96.3 Å². The van der Waals surface area contributed by atoms with Gasteiger partial charge in [0.2, 0.25) is 5.91 Å². The van der Waals surface area contributed by atoms with Crippen molar-refractivity contribution in [2.75, 3.05) is 67.0 Å². The van der Waals surface area contributed by atoms with E-state index in [0.717, 1.165) is 74.2 Å². The number of nitrogens with one attached hydrogen (secondary N) is 2. The number of piperidine rings is 1. The molecule has 3 aliphatic heterocycles. The lowest BCUT2D eigenvalue weighted by Gasteiger charge is -2.46. The number of anilines is 5. The van der Waals surface area contributed by atoms with E-state index in [0.29, 0.717) is 47.5 Å². The summed E-state index contributed by atoms with van der Waals surface area (Å²) in [5, 5.41) is 9.11. The number of halogens is 1. The zero-order valence-electron chi connectivity index (χ0n) is 29.4. The van der Waals surface area contributed by atoms with Crippen LogP contribution < -0.4 is 25.3 Å². The molecule has 0 spiro atoms. The normalized spacial score (nSPS) is 22.1. The van der Waals surface area contributed by atoms with E-state index in [9.17, 15) is 4.79 Å². The molecule has 266 valence electrons. The van der Waals surface area contributed by atoms with Crippen molar-refractivity contribution in [3.05, 3.63) is 71.5 Å². The van der Waals surface area contributed by atoms with Gasteiger partial charge in [-0.1, -0.05) is 30.3 Å². The maximum Gasteiger partial charge on any atom is 0.247 e. The van der Waals surface area contributed by atoms with Gasteiger partial charge in [-0.25, -0.2) is 15.0 Å². The standard InChI is InChI=1S/C38H49ClN8O3/c1-5-38(48)43-32-20-33(42-36-22-37(41-24-40-36)47-30(13-18-50-47)19-27-7-6-8-31(39)26(27)3)35(49-4)21-34(32)44-14-11-28(12-15-44)45-16-17-46(25(2)23-45)29-9-10-29/h5-8,20-22,24-25,28-30H,1,9-19,23H2,2-4H3,(H,43,48)(H,40,41,42). The molecule has 1 amide bonds. The minimum Gasteiger partial charge on any atom is -0.494 e. The van der Waals surface area contributed by atoms with E-state index < -0.39 is 0 Å². The van der Waals surface area contributed by atoms with Crippen molar-refractivity contribution in [2.45, 2.75) is 76.5 Å². The zero-order chi connectivity index (χ0) is 34.8. The third-order valence-corrected chi connectivity index (χ3v) is 11.2. The maximum atomic E-state index is 12.6. The van der Waals surface area contributed by atoms with Gasteiger partial charge in [-0.15, -0.1) is 0 Å². The highest BCUT2D eigenvalue weighted by Crippen LogP contribution is 2.40. The van der Waals surface area contributed by atoms with Gasteiger partial charge in [-0.2, -0.15) is 0 Å². The number of nitrogens with zero attached hydrogens (tertiary/aromatic N) is 6. The average molecular weight is 701 g/mol. The summed E-state index contributed by atoms with van der Waals surface area (Å²) >= 11 is 6.41. The quantitative estimate of drug-likeness (QED) is 0.225. The first-order chi connectivity index (χ1) is 24.3. The number of methoxy groups -OCH3 is 1. The number of amides is 1. The molecular formula is C38H49ClN8O3. The molecule has 0 bridgehead atoms. The highest BCUT2D eigenvalue weighted by molar-refractivity contribution is 6.31. The molecule has 0 radical (unpaired) electrons. The van der Waals surface area contributed by atoms with Gasteiger partial charge in [0.05, 0.1) is 36.8 Å². The fourth-order valence-corrected chi connectivity index (χ4v) is 8.08. The number of ether oxygens (including phenoxy) is 1. The van der Waals surface area contributed by atoms with Crippen LogP contribution in [0.4, 0.5) is 28.7 Å². The van der Waals surface area contributed by atoms with Gasteiger partial charge in [-0.05, 0) is 81.7 Å². The van der Waals surface area contributed by atoms with Crippen molar-refractivity contribution in [1.29, 1.82) is 0 Å². The number of hydrogen-bond donors (Lipinski definition) is 2. The Bertz CT molecular complexity index is 1690. The topological polar surface area (TPSA) is 98.3 Å². The number of carbonyl (C=O) groups is 1. The van der Waals surface area contributed by atoms with Gasteiger partial charge in [0.25, 0.3) is 0 Å². The number of carbonyl (C=O) groups excluding carboxylic acids is 1. The number of piperazine rings is 1. The van der Waals surface area contributed by atoms with Crippen LogP contribution in [-0.2, 0) is 16.1 Å². The van der Waals surface area contributed by atoms with Crippen LogP contribution in [0.25, 0.3) is 0 Å². The van der Waals surface area contributed by atoms with Crippen molar-refractivity contribution < 1.29 is 14.4 Å². The fourth-order valence-electron chi connectivity index (χ4n) is 7.88. The lowest BCUT2D eigenvalue weighted by atomic mass is 9.99. The Hall–Kier alpha value is -3.90. The molecule has 1 aliphatic carbocycles. The number of hydrogen-bond acceptors (Lipinski definition) is 10. The average Bonchev–Trinajstić information content (AvgIpc) is 3.87. The summed E-state index contributed by atoms with van der Waals surface area (Å²) in [6, 6.07) is 13.9. The van der Waals surface area contributed by atoms with Crippen LogP contribution in [0.1, 0.15) is 50.2 Å². The molecule has 4 aliphatic rings. The number of rotatable bonds is 11. The fraction of sp³-hybridized carbons (Fsp3) is 0.500. The van der Waals surface area contributed by atoms with E-state index in [1.54, 1.807) is 7.11 Å². The first-order valence-electron chi connectivity index (χ1n) is 18.0. The second-order valence-electron chi connectivity index (χ2n) is 14.0. The van der Waals surface area contributed by atoms with Crippen molar-refractivity contribution in [3.63, 3.8) is 0 Å². The molecule has 4 heterocycles. The lowest BCUT2D eigenvalue weighted by molar-refractivity contribution is -0.111. The number of benzene rings is 2. The van der Waals surface area contributed by atoms with E-state index in [2.05, 4.69) is 61.8 Å². The van der Waals surface area contributed by atoms with Crippen LogP contribution in [0.2, 0.25) is 5.02 Å². The molecule has 2 N–H and O–H groups in total. The van der Waals surface area contributed by atoms with Crippen LogP contribution in [0, 0.1) is 6.92 Å². The molecular weight excluding hydrogens is 652 g/mol. The number of aromatic nitrogens is 2. The van der Waals surface area contributed by atoms with E-state index >= 15 is 0 Å². The second kappa shape index (κ2) is 15.1. The van der Waals surface area contributed by atoms with Gasteiger partial charge in [0.1, 0.15) is 17.9 Å². The lowest BCUT2D eigenvalue weighted by Crippen LogP contribution is -2.57. The molecule has 11 nitrogen and oxygen atoms in total. The van der Waals surface area contributed by atoms with Crippen molar-refractivity contribution >= 4 is 46.2 Å². The van der Waals surface area contributed by atoms with Crippen LogP contribution in [0.3, 0.4) is 0 Å². The largest absolute Gasteiger partial charge is 0.494 e. The summed E-state index contributed by atoms with van der Waals surface area (Å²) in [5.41, 5.74) is 4.57. The van der Waals surface area contributed by atoms with Crippen LogP contribution in [0.15, 0.2) is 55.4 Å². The molecule has 50 heavy (non-hydrogen) atoms. The van der Waals surface area contributed by atoms with Crippen LogP contribution >= 0.6 is 11.6 Å². The van der Waals surface area contributed by atoms with E-state index in [-0.39, 0.29) is 11.9 Å². The molecule has 7 rings (SSSR count). The Morgan fingerprint density at radius 2 is 1.88 bits per heavy atom. The van der Waals surface area contributed by atoms with Gasteiger partial charge in [-0.3, -0.25) is 19.4 Å². The number of hydroxylamine groups is 1. The zero-order valence-corrected chi connectivity index (χ0v) is 30.2. The minimum atomic E-state index is -0.267. The Kier molecular flexibility index (Phi) is 10.5. The monoisotopic (exact) mass is 700 g/mol. The molecule has 1 saturated carbocycles. The Labute approximate surface area is 300 Å². The third-order valence-electron chi connectivity index (χ3n) is 10.8. The highest BCUT2D eigenvalue weighted by Gasteiger charge is 2.37. The molecule has 4 fully saturated rings. The SMILES string of the molecule is C=CC(=O)Nc1cc(Nc2cc(N3OCCC3Cc3cccc(Cl)c3C)ncn2)c(OC)cc1N1CCC(N2CCN(C3CC3)C(C)C2)CC1. The molecule has 1 aromatic heterocycles. The second-order valence-corrected chi connectivity index (χ2v) is 14.4. The van der Waals surface area contributed by atoms with Crippen molar-refractivity contribution in [1.82, 2.24) is 19.8 Å². The molecule has 3 saturated heterocycles. The van der Waals surface area contributed by atoms with Crippen LogP contribution in [0.5, 0.6) is 5.75 Å². The Morgan fingerprint density at radius 1 is 1.06 bits per heavy atom. The highest BCUT2D eigenvalue weighted by atomic mass is 35.5. The van der Waals surface area contributed by atoms with Crippen molar-refractivity contribution in [3.8, 4) is 5.75 Å². The summed E-state index contributed by atoms with van der Waals surface area (Å²) in [6.45, 7) is 14.0. The minimum absolute atomic E-state index is 0.101. The summed E-state index contributed by atoms with van der Waals surface area (Å²) in [5.74, 6) is 1.62. The van der Waals surface area contributed by atoms with Gasteiger partial charge < -0.3 is 20.3 Å². The Morgan fingerprint density at radius 3 is 2.62 bits per heavy atom. The first-order valence-corrected chi connectivity index (χ1v) is 18.3. The first kappa shape index (κ1) is 34.5. The Balaban J connectivity index is 1.07. The van der Waals surface area contributed by atoms with E-state index in [4.69, 9.17) is 21.2 Å². The molecule has 2 atom stereocenters. The molecule has 3 aromatic rings. The maximum absolute atomic E-state index is 12.6. The summed E-state index contributed by atoms with van der Waals surface area (Å²) in [4.78, 5) is 35.5. The molecule has 2 unspecified atom stereocenters. The third kappa shape index (κ3) is 7.56. The van der Waals surface area contributed by atoms with Gasteiger partial charge in [0.15, 0.2) is 5.82 Å². The molecule has 2 aromatic carbocycles. The van der Waals surface area contributed by atoms with Gasteiger partial charge >= 0.3 is 0 Å².